The van der Waals surface area contributed by atoms with Crippen LogP contribution in [-0.4, -0.2) is 16.7 Å². The topological polar surface area (TPSA) is 72.6 Å². The molecule has 6 heteroatoms. The number of pyridine rings is 1. The van der Waals surface area contributed by atoms with Crippen molar-refractivity contribution in [1.82, 2.24) is 4.98 Å². The van der Waals surface area contributed by atoms with E-state index in [1.165, 1.54) is 6.20 Å². The lowest BCUT2D eigenvalue weighted by Gasteiger charge is -2.08. The first kappa shape index (κ1) is 16.5. The van der Waals surface area contributed by atoms with Gasteiger partial charge in [0.05, 0.1) is 12.8 Å². The number of nitrogens with zero attached hydrogens (tertiary/aromatic N) is 1. The van der Waals surface area contributed by atoms with Crippen molar-refractivity contribution < 1.29 is 14.3 Å². The second-order valence-corrected chi connectivity index (χ2v) is 6.25. The average Bonchev–Trinajstić information content (AvgIpc) is 2.59. The minimum atomic E-state index is -0.561. The molecule has 2 aromatic heterocycles. The number of fused-ring (bicyclic) bond motifs is 1. The van der Waals surface area contributed by atoms with Crippen molar-refractivity contribution in [2.24, 2.45) is 0 Å². The van der Waals surface area contributed by atoms with Gasteiger partial charge in [0.25, 0.3) is 5.43 Å². The van der Waals surface area contributed by atoms with Crippen molar-refractivity contribution in [3.05, 3.63) is 51.2 Å². The van der Waals surface area contributed by atoms with Crippen LogP contribution in [0, 0.1) is 0 Å². The summed E-state index contributed by atoms with van der Waals surface area (Å²) >= 11 is 3.35. The summed E-state index contributed by atoms with van der Waals surface area (Å²) in [5.74, 6) is 0.205. The van der Waals surface area contributed by atoms with Gasteiger partial charge in [0.15, 0.2) is 16.9 Å². The van der Waals surface area contributed by atoms with E-state index in [9.17, 15) is 9.90 Å². The van der Waals surface area contributed by atoms with Gasteiger partial charge in [0, 0.05) is 16.1 Å². The number of hydrogen-bond donors (Lipinski definition) is 1. The summed E-state index contributed by atoms with van der Waals surface area (Å²) in [5, 5.41) is 10.2. The third-order valence-electron chi connectivity index (χ3n) is 3.56. The summed E-state index contributed by atoms with van der Waals surface area (Å²) in [4.78, 5) is 16.4. The first-order valence-electron chi connectivity index (χ1n) is 7.64. The molecule has 0 bridgehead atoms. The van der Waals surface area contributed by atoms with Crippen LogP contribution >= 0.6 is 15.9 Å². The van der Waals surface area contributed by atoms with Crippen molar-refractivity contribution in [3.63, 3.8) is 0 Å². The zero-order chi connectivity index (χ0) is 17.1. The molecule has 124 valence electrons. The Morgan fingerprint density at radius 2 is 2.04 bits per heavy atom. The summed E-state index contributed by atoms with van der Waals surface area (Å²) in [7, 11) is 0. The zero-order valence-corrected chi connectivity index (χ0v) is 14.7. The molecule has 3 aromatic rings. The number of ether oxygens (including phenoxy) is 1. The molecule has 0 saturated carbocycles. The van der Waals surface area contributed by atoms with Crippen LogP contribution in [-0.2, 0) is 0 Å². The Labute approximate surface area is 147 Å². The fourth-order valence-corrected chi connectivity index (χ4v) is 2.52. The van der Waals surface area contributed by atoms with E-state index in [-0.39, 0.29) is 16.9 Å². The molecule has 1 N–H and O–H groups in total. The van der Waals surface area contributed by atoms with E-state index < -0.39 is 11.2 Å². The highest BCUT2D eigenvalue weighted by Gasteiger charge is 2.16. The summed E-state index contributed by atoms with van der Waals surface area (Å²) < 4.78 is 12.2. The fourth-order valence-electron chi connectivity index (χ4n) is 2.26. The van der Waals surface area contributed by atoms with Crippen molar-refractivity contribution in [1.29, 1.82) is 0 Å². The maximum absolute atomic E-state index is 12.3. The van der Waals surface area contributed by atoms with Gasteiger partial charge in [-0.1, -0.05) is 29.3 Å². The predicted molar refractivity (Wildman–Crippen MR) is 95.5 cm³/mol. The van der Waals surface area contributed by atoms with Crippen LogP contribution in [0.1, 0.15) is 19.8 Å². The molecule has 0 aliphatic carbocycles. The number of halogens is 1. The molecule has 5 nitrogen and oxygen atoms in total. The van der Waals surface area contributed by atoms with Gasteiger partial charge in [0.1, 0.15) is 5.75 Å². The smallest absolute Gasteiger partial charge is 0.253 e. The largest absolute Gasteiger partial charge is 0.501 e. The molecule has 0 aliphatic rings. The Bertz CT molecular complexity index is 919. The van der Waals surface area contributed by atoms with E-state index in [2.05, 4.69) is 27.8 Å². The summed E-state index contributed by atoms with van der Waals surface area (Å²) in [6.45, 7) is 2.65. The lowest BCUT2D eigenvalue weighted by molar-refractivity contribution is 0.308. The highest BCUT2D eigenvalue weighted by Crippen LogP contribution is 2.31. The molecule has 24 heavy (non-hydrogen) atoms. The van der Waals surface area contributed by atoms with Crippen LogP contribution < -0.4 is 10.2 Å². The quantitative estimate of drug-likeness (QED) is 0.650. The number of benzene rings is 1. The molecule has 1 aromatic carbocycles. The number of hydrogen-bond acceptors (Lipinski definition) is 5. The lowest BCUT2D eigenvalue weighted by atomic mass is 10.1. The van der Waals surface area contributed by atoms with Crippen LogP contribution in [0.2, 0.25) is 0 Å². The van der Waals surface area contributed by atoms with Crippen LogP contribution in [0.15, 0.2) is 50.2 Å². The van der Waals surface area contributed by atoms with Gasteiger partial charge < -0.3 is 14.3 Å². The molecular formula is C18H16BrNO4. The standard InChI is InChI=1S/C18H16BrNO4/c1-2-3-8-23-13-9-14-15(20-10-13)16(21)17(22)18(24-14)11-4-6-12(19)7-5-11/h4-7,9-10,22H,2-3,8H2,1H3. The Hall–Kier alpha value is -2.34. The highest BCUT2D eigenvalue weighted by atomic mass is 79.9. The van der Waals surface area contributed by atoms with Gasteiger partial charge in [-0.05, 0) is 30.7 Å². The molecule has 2 heterocycles. The molecule has 0 amide bonds. The number of aromatic nitrogens is 1. The molecule has 0 saturated heterocycles. The van der Waals surface area contributed by atoms with Crippen LogP contribution in [0.4, 0.5) is 0 Å². The maximum Gasteiger partial charge on any atom is 0.253 e. The summed E-state index contributed by atoms with van der Waals surface area (Å²) in [6, 6.07) is 8.75. The highest BCUT2D eigenvalue weighted by molar-refractivity contribution is 9.10. The number of rotatable bonds is 5. The molecular weight excluding hydrogens is 374 g/mol. The van der Waals surface area contributed by atoms with Crippen molar-refractivity contribution in [2.75, 3.05) is 6.61 Å². The Kier molecular flexibility index (Phi) is 4.85. The Morgan fingerprint density at radius 1 is 1.29 bits per heavy atom. The fraction of sp³-hybridized carbons (Fsp3) is 0.222. The Balaban J connectivity index is 2.08. The van der Waals surface area contributed by atoms with Crippen LogP contribution in [0.5, 0.6) is 11.5 Å². The van der Waals surface area contributed by atoms with E-state index in [1.54, 1.807) is 18.2 Å². The Morgan fingerprint density at radius 3 is 2.75 bits per heavy atom. The second kappa shape index (κ2) is 7.05. The van der Waals surface area contributed by atoms with E-state index in [0.29, 0.717) is 17.9 Å². The SMILES string of the molecule is CCCCOc1cnc2c(=O)c(O)c(-c3ccc(Br)cc3)oc2c1. The van der Waals surface area contributed by atoms with E-state index in [4.69, 9.17) is 9.15 Å². The molecule has 0 unspecified atom stereocenters. The lowest BCUT2D eigenvalue weighted by Crippen LogP contribution is -2.05. The van der Waals surface area contributed by atoms with Gasteiger partial charge in [-0.25, -0.2) is 4.98 Å². The zero-order valence-electron chi connectivity index (χ0n) is 13.1. The third kappa shape index (κ3) is 3.28. The minimum Gasteiger partial charge on any atom is -0.501 e. The third-order valence-corrected chi connectivity index (χ3v) is 4.09. The van der Waals surface area contributed by atoms with Gasteiger partial charge in [0.2, 0.25) is 5.75 Å². The van der Waals surface area contributed by atoms with E-state index in [1.807, 2.05) is 12.1 Å². The van der Waals surface area contributed by atoms with Crippen molar-refractivity contribution in [2.45, 2.75) is 19.8 Å². The molecule has 0 atom stereocenters. The predicted octanol–water partition coefficient (Wildman–Crippen LogP) is 4.50. The summed E-state index contributed by atoms with van der Waals surface area (Å²) in [5.41, 5.74) is 0.405. The van der Waals surface area contributed by atoms with Gasteiger partial charge in [-0.3, -0.25) is 4.79 Å². The average molecular weight is 390 g/mol. The first-order valence-corrected chi connectivity index (χ1v) is 8.44. The molecule has 0 radical (unpaired) electrons. The van der Waals surface area contributed by atoms with Crippen molar-refractivity contribution >= 4 is 27.0 Å². The second-order valence-electron chi connectivity index (χ2n) is 5.34. The number of aromatic hydroxyl groups is 1. The molecule has 0 spiro atoms. The van der Waals surface area contributed by atoms with Gasteiger partial charge in [-0.15, -0.1) is 0 Å². The maximum atomic E-state index is 12.3. The minimum absolute atomic E-state index is 0.0798. The molecule has 3 rings (SSSR count). The van der Waals surface area contributed by atoms with Gasteiger partial charge in [-0.2, -0.15) is 0 Å². The van der Waals surface area contributed by atoms with Crippen molar-refractivity contribution in [3.8, 4) is 22.8 Å². The first-order chi connectivity index (χ1) is 11.6. The number of unbranched alkanes of at least 4 members (excludes halogenated alkanes) is 1. The van der Waals surface area contributed by atoms with E-state index >= 15 is 0 Å². The van der Waals surface area contributed by atoms with E-state index in [0.717, 1.165) is 17.3 Å². The van der Waals surface area contributed by atoms with Crippen LogP contribution in [0.25, 0.3) is 22.4 Å². The van der Waals surface area contributed by atoms with Gasteiger partial charge >= 0.3 is 0 Å². The molecule has 0 fully saturated rings. The molecule has 0 aliphatic heterocycles. The summed E-state index contributed by atoms with van der Waals surface area (Å²) in [6.07, 6.45) is 3.42. The normalized spacial score (nSPS) is 10.9. The van der Waals surface area contributed by atoms with Crippen LogP contribution in [0.3, 0.4) is 0 Å². The monoisotopic (exact) mass is 389 g/mol.